The number of benzene rings is 3. The van der Waals surface area contributed by atoms with Crippen LogP contribution in [0, 0.1) is 0 Å². The van der Waals surface area contributed by atoms with E-state index in [0.717, 1.165) is 0 Å². The Morgan fingerprint density at radius 2 is 1.03 bits per heavy atom. The van der Waals surface area contributed by atoms with Gasteiger partial charge in [-0.25, -0.2) is 4.79 Å². The van der Waals surface area contributed by atoms with Crippen molar-refractivity contribution >= 4 is 21.6 Å². The first-order valence-corrected chi connectivity index (χ1v) is 11.9. The van der Waals surface area contributed by atoms with Crippen molar-refractivity contribution in [1.29, 1.82) is 0 Å². The average Bonchev–Trinajstić information content (AvgIpc) is 3.01. The van der Waals surface area contributed by atoms with E-state index >= 15 is 0 Å². The standard InChI is InChI=1S/C20H16O10P2.4Na/c21-19-17-3-1-2-4-18(17)20(28-19,13-5-9-15(10-6-13)29-31(22,23)24)14-7-11-16(12-8-14)30-32(25,26)27;;;;/h1-12H,(H2,22,23,24)(H2,25,26,27);;;;/q;4*+1/p-4. The Kier molecular flexibility index (Phi) is 15.0. The zero-order valence-electron chi connectivity index (χ0n) is 19.9. The minimum absolute atomic E-state index is 0. The third-order valence-electron chi connectivity index (χ3n) is 4.73. The maximum atomic E-state index is 12.6. The number of hydrogen-bond acceptors (Lipinski definition) is 10. The zero-order valence-corrected chi connectivity index (χ0v) is 29.7. The van der Waals surface area contributed by atoms with E-state index in [-0.39, 0.29) is 130 Å². The third-order valence-corrected chi connectivity index (χ3v) is 5.60. The van der Waals surface area contributed by atoms with Gasteiger partial charge in [0.15, 0.2) is 5.60 Å². The van der Waals surface area contributed by atoms with Crippen LogP contribution < -0.4 is 147 Å². The molecule has 1 aliphatic heterocycles. The van der Waals surface area contributed by atoms with E-state index < -0.39 is 27.2 Å². The molecule has 1 aliphatic rings. The molecule has 1 heterocycles. The number of ether oxygens (including phenoxy) is 1. The van der Waals surface area contributed by atoms with Crippen molar-refractivity contribution in [3.8, 4) is 11.5 Å². The van der Waals surface area contributed by atoms with Crippen molar-refractivity contribution in [2.75, 3.05) is 0 Å². The normalized spacial score (nSPS) is 13.4. The number of phosphoric acid groups is 2. The van der Waals surface area contributed by atoms with Crippen molar-refractivity contribution in [1.82, 2.24) is 0 Å². The number of esters is 1. The van der Waals surface area contributed by atoms with E-state index in [1.165, 1.54) is 48.5 Å². The van der Waals surface area contributed by atoms with E-state index in [1.807, 2.05) is 0 Å². The van der Waals surface area contributed by atoms with Crippen molar-refractivity contribution in [3.63, 3.8) is 0 Å². The quantitative estimate of drug-likeness (QED) is 0.159. The molecule has 0 saturated heterocycles. The fraction of sp³-hybridized carbons (Fsp3) is 0.0500. The van der Waals surface area contributed by atoms with Gasteiger partial charge in [-0.1, -0.05) is 42.5 Å². The second-order valence-corrected chi connectivity index (χ2v) is 8.90. The number of cyclic esters (lactones) is 1. The molecule has 0 aromatic heterocycles. The molecule has 10 nitrogen and oxygen atoms in total. The average molecular weight is 566 g/mol. The minimum atomic E-state index is -5.26. The summed E-state index contributed by atoms with van der Waals surface area (Å²) < 4.78 is 36.2. The van der Waals surface area contributed by atoms with Gasteiger partial charge < -0.3 is 42.5 Å². The van der Waals surface area contributed by atoms with Gasteiger partial charge in [-0.3, -0.25) is 0 Å². The number of carbonyl (C=O) groups is 1. The van der Waals surface area contributed by atoms with Gasteiger partial charge in [-0.2, -0.15) is 0 Å². The van der Waals surface area contributed by atoms with Gasteiger partial charge >= 0.3 is 124 Å². The third kappa shape index (κ3) is 8.51. The largest absolute Gasteiger partial charge is 1.00 e. The molecule has 0 N–H and O–H groups in total. The molecule has 0 bridgehead atoms. The van der Waals surface area contributed by atoms with Crippen LogP contribution in [0.4, 0.5) is 0 Å². The molecule has 0 amide bonds. The number of phosphoric ester groups is 2. The van der Waals surface area contributed by atoms with Crippen LogP contribution in [0.3, 0.4) is 0 Å². The van der Waals surface area contributed by atoms with E-state index in [1.54, 1.807) is 24.3 Å². The second-order valence-electron chi connectivity index (χ2n) is 6.74. The van der Waals surface area contributed by atoms with Crippen LogP contribution >= 0.6 is 15.6 Å². The van der Waals surface area contributed by atoms with Gasteiger partial charge in [0, 0.05) is 16.7 Å². The molecule has 36 heavy (non-hydrogen) atoms. The molecule has 4 rings (SSSR count). The summed E-state index contributed by atoms with van der Waals surface area (Å²) in [6.45, 7) is 0. The van der Waals surface area contributed by atoms with Crippen molar-refractivity contribution < 1.29 is 166 Å². The first-order chi connectivity index (χ1) is 15.0. The number of fused-ring (bicyclic) bond motifs is 1. The summed E-state index contributed by atoms with van der Waals surface area (Å²) >= 11 is 0. The molecule has 0 saturated carbocycles. The van der Waals surface area contributed by atoms with Gasteiger partial charge in [-0.05, 0) is 30.3 Å². The predicted molar refractivity (Wildman–Crippen MR) is 101 cm³/mol. The Balaban J connectivity index is 0.00000306. The smallest absolute Gasteiger partial charge is 0.780 e. The van der Waals surface area contributed by atoms with Gasteiger partial charge in [-0.15, -0.1) is 0 Å². The first kappa shape index (κ1) is 37.0. The predicted octanol–water partition coefficient (Wildman–Crippen LogP) is -11.4. The summed E-state index contributed by atoms with van der Waals surface area (Å²) in [6, 6.07) is 17.2. The first-order valence-electron chi connectivity index (χ1n) is 8.95. The summed E-state index contributed by atoms with van der Waals surface area (Å²) in [5, 5.41) is 0. The maximum absolute atomic E-state index is 12.6. The summed E-state index contributed by atoms with van der Waals surface area (Å²) in [5.41, 5.74) is 0.0648. The fourth-order valence-electron chi connectivity index (χ4n) is 3.57. The van der Waals surface area contributed by atoms with Gasteiger partial charge in [0.2, 0.25) is 0 Å². The van der Waals surface area contributed by atoms with Crippen molar-refractivity contribution in [3.05, 3.63) is 95.1 Å². The summed E-state index contributed by atoms with van der Waals surface area (Å²) in [6.07, 6.45) is 0. The summed E-state index contributed by atoms with van der Waals surface area (Å²) in [7, 11) is -10.5. The molecule has 3 aromatic rings. The van der Waals surface area contributed by atoms with Crippen molar-refractivity contribution in [2.45, 2.75) is 5.60 Å². The van der Waals surface area contributed by atoms with Crippen LogP contribution in [-0.2, 0) is 19.5 Å². The van der Waals surface area contributed by atoms with E-state index in [9.17, 15) is 33.5 Å². The topological polar surface area (TPSA) is 171 Å². The van der Waals surface area contributed by atoms with Crippen LogP contribution in [-0.4, -0.2) is 5.97 Å². The van der Waals surface area contributed by atoms with Crippen LogP contribution in [0.5, 0.6) is 11.5 Å². The molecule has 0 radical (unpaired) electrons. The fourth-order valence-corrected chi connectivity index (χ4v) is 4.33. The second kappa shape index (κ2) is 14.6. The van der Waals surface area contributed by atoms with Gasteiger partial charge in [0.25, 0.3) is 0 Å². The van der Waals surface area contributed by atoms with Crippen LogP contribution in [0.25, 0.3) is 0 Å². The molecule has 0 atom stereocenters. The Morgan fingerprint density at radius 1 is 0.639 bits per heavy atom. The van der Waals surface area contributed by atoms with Gasteiger partial charge in [0.1, 0.15) is 27.1 Å². The number of carbonyl (C=O) groups excluding carboxylic acids is 1. The van der Waals surface area contributed by atoms with Crippen LogP contribution in [0.1, 0.15) is 27.0 Å². The molecule has 166 valence electrons. The monoisotopic (exact) mass is 566 g/mol. The number of hydrogen-bond donors (Lipinski definition) is 0. The Hall–Kier alpha value is 1.03. The molecular formula is C20H12Na4O10P2. The molecular weight excluding hydrogens is 554 g/mol. The summed E-state index contributed by atoms with van der Waals surface area (Å²) in [5.74, 6) is -1.06. The molecule has 16 heteroatoms. The Labute approximate surface area is 295 Å². The van der Waals surface area contributed by atoms with Gasteiger partial charge in [0.05, 0.1) is 5.56 Å². The minimum Gasteiger partial charge on any atom is -0.780 e. The van der Waals surface area contributed by atoms with E-state index in [0.29, 0.717) is 22.3 Å². The van der Waals surface area contributed by atoms with Crippen LogP contribution in [0.2, 0.25) is 0 Å². The van der Waals surface area contributed by atoms with E-state index in [4.69, 9.17) is 4.74 Å². The van der Waals surface area contributed by atoms with E-state index in [2.05, 4.69) is 9.05 Å². The van der Waals surface area contributed by atoms with Crippen molar-refractivity contribution in [2.24, 2.45) is 0 Å². The molecule has 3 aromatic carbocycles. The molecule has 0 spiro atoms. The summed E-state index contributed by atoms with van der Waals surface area (Å²) in [4.78, 5) is 56.1. The zero-order chi connectivity index (χ0) is 23.1. The Bertz CT molecular complexity index is 1210. The SMILES string of the molecule is O=C1OC(c2ccc(OP(=O)([O-])[O-])cc2)(c2ccc(OP(=O)([O-])[O-])cc2)c2ccccc21.[Na+].[Na+].[Na+].[Na+]. The molecule has 0 fully saturated rings. The molecule has 0 aliphatic carbocycles. The number of rotatable bonds is 6. The van der Waals surface area contributed by atoms with Crippen LogP contribution in [0.15, 0.2) is 72.8 Å². The maximum Gasteiger partial charge on any atom is 1.00 e. The Morgan fingerprint density at radius 3 is 1.42 bits per heavy atom. The molecule has 0 unspecified atom stereocenters.